The molecule has 5 rings (SSSR count). The van der Waals surface area contributed by atoms with E-state index in [1.54, 1.807) is 6.20 Å². The largest absolute Gasteiger partial charge is 0.426 e. The van der Waals surface area contributed by atoms with E-state index in [1.807, 2.05) is 54.6 Å². The molecule has 0 amide bonds. The van der Waals surface area contributed by atoms with E-state index in [4.69, 9.17) is 4.74 Å². The van der Waals surface area contributed by atoms with Gasteiger partial charge >= 0.3 is 5.97 Å². The number of nitrogens with zero attached hydrogens (tertiary/aromatic N) is 1. The van der Waals surface area contributed by atoms with E-state index in [9.17, 15) is 4.79 Å². The number of carbonyl (C=O) groups is 1. The van der Waals surface area contributed by atoms with E-state index in [1.165, 1.54) is 0 Å². The molecule has 2 aromatic carbocycles. The molecule has 0 fully saturated rings. The molecule has 0 radical (unpaired) electrons. The van der Waals surface area contributed by atoms with E-state index >= 15 is 0 Å². The highest BCUT2D eigenvalue weighted by atomic mass is 16.5. The van der Waals surface area contributed by atoms with Gasteiger partial charge in [0, 0.05) is 17.7 Å². The van der Waals surface area contributed by atoms with Gasteiger partial charge in [-0.1, -0.05) is 48.5 Å². The molecule has 122 valence electrons. The average molecular weight is 328 g/mol. The monoisotopic (exact) mass is 328 g/mol. The highest BCUT2D eigenvalue weighted by Crippen LogP contribution is 2.51. The number of fused-ring (bicyclic) bond motifs is 4. The van der Waals surface area contributed by atoms with Crippen LogP contribution < -0.4 is 10.1 Å². The van der Waals surface area contributed by atoms with Crippen molar-refractivity contribution in [1.82, 2.24) is 4.98 Å². The lowest BCUT2D eigenvalue weighted by Crippen LogP contribution is -2.42. The third-order valence-corrected chi connectivity index (χ3v) is 5.06. The summed E-state index contributed by atoms with van der Waals surface area (Å²) in [6.07, 6.45) is 1.78. The molecule has 3 atom stereocenters. The van der Waals surface area contributed by atoms with Gasteiger partial charge in [0.1, 0.15) is 5.75 Å². The van der Waals surface area contributed by atoms with E-state index in [2.05, 4.69) is 22.4 Å². The maximum Gasteiger partial charge on any atom is 0.317 e. The highest BCUT2D eigenvalue weighted by Gasteiger charge is 2.47. The standard InChI is InChI=1S/C21H16N2O2/c24-21-18-17(13-7-2-1-3-8-13)20-15(10-6-12-22-20)23-19(18)14-9-4-5-11-16(14)25-21/h1-12,17-19,23H. The first-order chi connectivity index (χ1) is 12.3. The molecule has 0 saturated heterocycles. The molecule has 25 heavy (non-hydrogen) atoms. The molecule has 0 bridgehead atoms. The molecular weight excluding hydrogens is 312 g/mol. The molecule has 2 aliphatic heterocycles. The number of anilines is 1. The second-order valence-electron chi connectivity index (χ2n) is 6.43. The van der Waals surface area contributed by atoms with Gasteiger partial charge in [-0.2, -0.15) is 0 Å². The summed E-state index contributed by atoms with van der Waals surface area (Å²) >= 11 is 0. The molecule has 0 spiro atoms. The maximum atomic E-state index is 12.9. The molecule has 1 aromatic heterocycles. The summed E-state index contributed by atoms with van der Waals surface area (Å²) in [7, 11) is 0. The van der Waals surface area contributed by atoms with E-state index in [0.29, 0.717) is 5.75 Å². The first-order valence-corrected chi connectivity index (χ1v) is 8.40. The third kappa shape index (κ3) is 2.14. The number of esters is 1. The number of ether oxygens (including phenoxy) is 1. The Morgan fingerprint density at radius 2 is 1.72 bits per heavy atom. The second-order valence-corrected chi connectivity index (χ2v) is 6.43. The summed E-state index contributed by atoms with van der Waals surface area (Å²) in [6.45, 7) is 0. The van der Waals surface area contributed by atoms with Gasteiger partial charge in [-0.3, -0.25) is 9.78 Å². The van der Waals surface area contributed by atoms with Crippen molar-refractivity contribution in [2.24, 2.45) is 5.92 Å². The van der Waals surface area contributed by atoms with Crippen LogP contribution in [0.3, 0.4) is 0 Å². The van der Waals surface area contributed by atoms with Crippen molar-refractivity contribution >= 4 is 11.7 Å². The number of benzene rings is 2. The van der Waals surface area contributed by atoms with Gasteiger partial charge in [-0.25, -0.2) is 0 Å². The molecule has 0 aliphatic carbocycles. The summed E-state index contributed by atoms with van der Waals surface area (Å²) in [4.78, 5) is 17.5. The van der Waals surface area contributed by atoms with Crippen LogP contribution in [-0.2, 0) is 4.79 Å². The van der Waals surface area contributed by atoms with Crippen molar-refractivity contribution in [3.63, 3.8) is 0 Å². The fraction of sp³-hybridized carbons (Fsp3) is 0.143. The van der Waals surface area contributed by atoms with E-state index in [-0.39, 0.29) is 23.8 Å². The first-order valence-electron chi connectivity index (χ1n) is 8.40. The lowest BCUT2D eigenvalue weighted by atomic mass is 9.73. The summed E-state index contributed by atoms with van der Waals surface area (Å²) in [5.74, 6) is -0.0500. The number of aromatic nitrogens is 1. The minimum Gasteiger partial charge on any atom is -0.426 e. The fourth-order valence-electron chi connectivity index (χ4n) is 3.98. The lowest BCUT2D eigenvalue weighted by molar-refractivity contribution is -0.141. The van der Waals surface area contributed by atoms with Crippen LogP contribution in [0.2, 0.25) is 0 Å². The molecule has 1 N–H and O–H groups in total. The minimum atomic E-state index is -0.348. The Morgan fingerprint density at radius 3 is 2.60 bits per heavy atom. The van der Waals surface area contributed by atoms with Crippen LogP contribution in [0, 0.1) is 5.92 Å². The van der Waals surface area contributed by atoms with Crippen molar-refractivity contribution in [3.05, 3.63) is 89.7 Å². The summed E-state index contributed by atoms with van der Waals surface area (Å²) in [5, 5.41) is 3.52. The van der Waals surface area contributed by atoms with Crippen LogP contribution in [0.1, 0.15) is 28.8 Å². The van der Waals surface area contributed by atoms with Crippen LogP contribution in [0.15, 0.2) is 72.9 Å². The van der Waals surface area contributed by atoms with Crippen molar-refractivity contribution in [2.75, 3.05) is 5.32 Å². The van der Waals surface area contributed by atoms with E-state index < -0.39 is 0 Å². The fourth-order valence-corrected chi connectivity index (χ4v) is 3.98. The summed E-state index contributed by atoms with van der Waals surface area (Å²) in [5.41, 5.74) is 3.96. The molecule has 3 unspecified atom stereocenters. The van der Waals surface area contributed by atoms with Crippen LogP contribution in [-0.4, -0.2) is 11.0 Å². The Labute approximate surface area is 145 Å². The molecule has 2 aliphatic rings. The van der Waals surface area contributed by atoms with Crippen LogP contribution in [0.5, 0.6) is 5.75 Å². The van der Waals surface area contributed by atoms with Crippen molar-refractivity contribution in [2.45, 2.75) is 12.0 Å². The van der Waals surface area contributed by atoms with Gasteiger partial charge in [-0.05, 0) is 23.8 Å². The quantitative estimate of drug-likeness (QED) is 0.543. The zero-order chi connectivity index (χ0) is 16.8. The number of para-hydroxylation sites is 1. The van der Waals surface area contributed by atoms with Crippen molar-refractivity contribution < 1.29 is 9.53 Å². The Bertz CT molecular complexity index is 955. The minimum absolute atomic E-state index is 0.126. The smallest absolute Gasteiger partial charge is 0.317 e. The van der Waals surface area contributed by atoms with Crippen molar-refractivity contribution in [3.8, 4) is 5.75 Å². The second kappa shape index (κ2) is 5.45. The maximum absolute atomic E-state index is 12.9. The van der Waals surface area contributed by atoms with Crippen LogP contribution in [0.4, 0.5) is 5.69 Å². The molecule has 0 saturated carbocycles. The number of hydrogen-bond acceptors (Lipinski definition) is 4. The SMILES string of the molecule is O=C1Oc2ccccc2C2Nc3cccnc3C(c3ccccc3)C12. The third-order valence-electron chi connectivity index (χ3n) is 5.06. The molecule has 4 nitrogen and oxygen atoms in total. The summed E-state index contributed by atoms with van der Waals surface area (Å²) < 4.78 is 5.66. The topological polar surface area (TPSA) is 51.2 Å². The zero-order valence-electron chi connectivity index (χ0n) is 13.4. The first kappa shape index (κ1) is 14.2. The zero-order valence-corrected chi connectivity index (χ0v) is 13.4. The molecule has 3 heterocycles. The van der Waals surface area contributed by atoms with Gasteiger partial charge in [0.25, 0.3) is 0 Å². The number of pyridine rings is 1. The Kier molecular flexibility index (Phi) is 3.10. The molecular formula is C21H16N2O2. The van der Waals surface area contributed by atoms with Gasteiger partial charge in [-0.15, -0.1) is 0 Å². The number of carbonyl (C=O) groups excluding carboxylic acids is 1. The number of rotatable bonds is 1. The Morgan fingerprint density at radius 1 is 0.920 bits per heavy atom. The van der Waals surface area contributed by atoms with Gasteiger partial charge in [0.05, 0.1) is 23.3 Å². The Balaban J connectivity index is 1.74. The van der Waals surface area contributed by atoms with E-state index in [0.717, 1.165) is 22.5 Å². The van der Waals surface area contributed by atoms with Gasteiger partial charge < -0.3 is 10.1 Å². The number of nitrogens with one attached hydrogen (secondary N) is 1. The summed E-state index contributed by atoms with van der Waals surface area (Å²) in [6, 6.07) is 21.6. The predicted molar refractivity (Wildman–Crippen MR) is 94.5 cm³/mol. The molecule has 4 heteroatoms. The highest BCUT2D eigenvalue weighted by molar-refractivity contribution is 5.83. The number of hydrogen-bond donors (Lipinski definition) is 1. The van der Waals surface area contributed by atoms with Crippen molar-refractivity contribution in [1.29, 1.82) is 0 Å². The molecule has 3 aromatic rings. The predicted octanol–water partition coefficient (Wildman–Crippen LogP) is 3.92. The lowest BCUT2D eigenvalue weighted by Gasteiger charge is -2.41. The van der Waals surface area contributed by atoms with Crippen LogP contribution in [0.25, 0.3) is 0 Å². The van der Waals surface area contributed by atoms with Gasteiger partial charge in [0.2, 0.25) is 0 Å². The van der Waals surface area contributed by atoms with Crippen LogP contribution >= 0.6 is 0 Å². The normalized spacial score (nSPS) is 23.5. The Hall–Kier alpha value is -3.14. The average Bonchev–Trinajstić information content (AvgIpc) is 2.67. The van der Waals surface area contributed by atoms with Gasteiger partial charge in [0.15, 0.2) is 0 Å².